The van der Waals surface area contributed by atoms with Crippen LogP contribution in [-0.4, -0.2) is 20.9 Å². The summed E-state index contributed by atoms with van der Waals surface area (Å²) < 4.78 is 5.09. The molecule has 104 valence electrons. The average molecular weight is 300 g/mol. The molecule has 0 spiro atoms. The Labute approximate surface area is 125 Å². The van der Waals surface area contributed by atoms with Gasteiger partial charge in [-0.2, -0.15) is 4.98 Å². The Hall–Kier alpha value is -2.53. The summed E-state index contributed by atoms with van der Waals surface area (Å²) in [5.74, 6) is 0.426. The number of hydrogen-bond acceptors (Lipinski definition) is 5. The molecule has 0 fully saturated rings. The van der Waals surface area contributed by atoms with Crippen molar-refractivity contribution in [3.8, 4) is 11.5 Å². The second kappa shape index (κ2) is 5.85. The van der Waals surface area contributed by atoms with Gasteiger partial charge in [-0.05, 0) is 12.1 Å². The number of nitrogens with zero attached hydrogens (tertiary/aromatic N) is 3. The summed E-state index contributed by atoms with van der Waals surface area (Å²) in [5, 5.41) is 4.24. The average Bonchev–Trinajstić information content (AvgIpc) is 2.97. The van der Waals surface area contributed by atoms with Crippen molar-refractivity contribution in [1.82, 2.24) is 15.1 Å². The van der Waals surface area contributed by atoms with Crippen molar-refractivity contribution in [3.05, 3.63) is 65.1 Å². The summed E-state index contributed by atoms with van der Waals surface area (Å²) in [6, 6.07) is 12.4. The molecule has 0 radical (unpaired) electrons. The van der Waals surface area contributed by atoms with Crippen LogP contribution >= 0.6 is 11.6 Å². The third kappa shape index (κ3) is 2.98. The highest BCUT2D eigenvalue weighted by Crippen LogP contribution is 2.22. The summed E-state index contributed by atoms with van der Waals surface area (Å²) in [6.45, 7) is 0. The van der Waals surface area contributed by atoms with Crippen molar-refractivity contribution >= 4 is 17.4 Å². The van der Waals surface area contributed by atoms with Gasteiger partial charge in [0.2, 0.25) is 11.7 Å². The summed E-state index contributed by atoms with van der Waals surface area (Å²) >= 11 is 6.02. The lowest BCUT2D eigenvalue weighted by molar-refractivity contribution is 0.0983. The Balaban J connectivity index is 1.80. The van der Waals surface area contributed by atoms with E-state index >= 15 is 0 Å². The molecule has 0 saturated carbocycles. The van der Waals surface area contributed by atoms with Crippen molar-refractivity contribution in [1.29, 1.82) is 0 Å². The van der Waals surface area contributed by atoms with E-state index < -0.39 is 0 Å². The number of halogens is 1. The van der Waals surface area contributed by atoms with Crippen LogP contribution in [0, 0.1) is 0 Å². The van der Waals surface area contributed by atoms with Crippen LogP contribution in [0.15, 0.2) is 53.2 Å². The predicted molar refractivity (Wildman–Crippen MR) is 77.0 cm³/mol. The minimum Gasteiger partial charge on any atom is -0.338 e. The lowest BCUT2D eigenvalue weighted by Gasteiger charge is -1.96. The van der Waals surface area contributed by atoms with Crippen LogP contribution in [0.1, 0.15) is 16.2 Å². The van der Waals surface area contributed by atoms with Crippen LogP contribution in [-0.2, 0) is 6.42 Å². The third-order valence-electron chi connectivity index (χ3n) is 2.85. The lowest BCUT2D eigenvalue weighted by atomic mass is 10.1. The highest BCUT2D eigenvalue weighted by atomic mass is 35.5. The van der Waals surface area contributed by atoms with E-state index in [2.05, 4.69) is 15.1 Å². The van der Waals surface area contributed by atoms with E-state index in [4.69, 9.17) is 16.1 Å². The normalized spacial score (nSPS) is 10.5. The smallest absolute Gasteiger partial charge is 0.234 e. The van der Waals surface area contributed by atoms with Crippen molar-refractivity contribution in [2.24, 2.45) is 0 Å². The second-order valence-electron chi connectivity index (χ2n) is 4.31. The fourth-order valence-electron chi connectivity index (χ4n) is 1.84. The molecule has 5 nitrogen and oxygen atoms in total. The highest BCUT2D eigenvalue weighted by Gasteiger charge is 2.16. The number of hydrogen-bond donors (Lipinski definition) is 0. The number of ketones is 1. The molecule has 3 rings (SSSR count). The van der Waals surface area contributed by atoms with E-state index in [-0.39, 0.29) is 23.9 Å². The molecule has 0 aliphatic heterocycles. The van der Waals surface area contributed by atoms with Gasteiger partial charge in [0.05, 0.1) is 11.4 Å². The zero-order valence-corrected chi connectivity index (χ0v) is 11.6. The molecule has 0 amide bonds. The molecule has 6 heteroatoms. The van der Waals surface area contributed by atoms with Crippen LogP contribution in [0.5, 0.6) is 0 Å². The maximum atomic E-state index is 12.1. The van der Waals surface area contributed by atoms with Crippen LogP contribution in [0.4, 0.5) is 0 Å². The topological polar surface area (TPSA) is 68.9 Å². The molecular weight excluding hydrogens is 290 g/mol. The van der Waals surface area contributed by atoms with Gasteiger partial charge in [0, 0.05) is 11.8 Å². The van der Waals surface area contributed by atoms with Crippen molar-refractivity contribution in [3.63, 3.8) is 0 Å². The maximum absolute atomic E-state index is 12.1. The minimum atomic E-state index is -0.0853. The Morgan fingerprint density at radius 2 is 1.95 bits per heavy atom. The van der Waals surface area contributed by atoms with E-state index in [1.807, 2.05) is 6.07 Å². The number of pyridine rings is 1. The zero-order chi connectivity index (χ0) is 14.7. The van der Waals surface area contributed by atoms with E-state index in [1.165, 1.54) is 0 Å². The van der Waals surface area contributed by atoms with Crippen LogP contribution < -0.4 is 0 Å². The number of aromatic nitrogens is 3. The number of carbonyl (C=O) groups is 1. The zero-order valence-electron chi connectivity index (χ0n) is 10.9. The summed E-state index contributed by atoms with van der Waals surface area (Å²) in [4.78, 5) is 20.3. The molecule has 2 aromatic heterocycles. The van der Waals surface area contributed by atoms with Crippen LogP contribution in [0.3, 0.4) is 0 Å². The number of rotatable bonds is 4. The third-order valence-corrected chi connectivity index (χ3v) is 3.15. The molecule has 0 aliphatic rings. The number of carbonyl (C=O) groups excluding carboxylic acids is 1. The molecule has 1 aromatic carbocycles. The molecule has 0 unspecified atom stereocenters. The van der Waals surface area contributed by atoms with Gasteiger partial charge in [0.25, 0.3) is 0 Å². The van der Waals surface area contributed by atoms with E-state index in [0.29, 0.717) is 16.3 Å². The minimum absolute atomic E-state index is 0.0431. The number of benzene rings is 1. The van der Waals surface area contributed by atoms with Crippen LogP contribution in [0.2, 0.25) is 5.02 Å². The summed E-state index contributed by atoms with van der Waals surface area (Å²) in [6.07, 6.45) is 1.63. The molecule has 0 N–H and O–H groups in total. The van der Waals surface area contributed by atoms with Gasteiger partial charge in [-0.25, -0.2) is 0 Å². The first kappa shape index (κ1) is 13.5. The highest BCUT2D eigenvalue weighted by molar-refractivity contribution is 6.32. The molecule has 0 aliphatic carbocycles. The summed E-state index contributed by atoms with van der Waals surface area (Å²) in [5.41, 5.74) is 1.04. The first-order valence-electron chi connectivity index (χ1n) is 6.26. The van der Waals surface area contributed by atoms with E-state index in [0.717, 1.165) is 0 Å². The first-order valence-corrected chi connectivity index (χ1v) is 6.63. The van der Waals surface area contributed by atoms with Crippen molar-refractivity contribution in [2.75, 3.05) is 0 Å². The van der Waals surface area contributed by atoms with Gasteiger partial charge >= 0.3 is 0 Å². The van der Waals surface area contributed by atoms with E-state index in [1.54, 1.807) is 42.6 Å². The quantitative estimate of drug-likeness (QED) is 0.692. The molecular formula is C15H10ClN3O2. The number of Topliss-reactive ketones (excluding diaryl/α,β-unsaturated/α-hetero) is 1. The Bertz CT molecular complexity index is 771. The molecule has 2 heterocycles. The second-order valence-corrected chi connectivity index (χ2v) is 4.72. The Kier molecular flexibility index (Phi) is 3.75. The molecule has 0 saturated heterocycles. The van der Waals surface area contributed by atoms with Crippen molar-refractivity contribution in [2.45, 2.75) is 6.42 Å². The predicted octanol–water partition coefficient (Wildman–Crippen LogP) is 3.21. The van der Waals surface area contributed by atoms with E-state index in [9.17, 15) is 4.79 Å². The van der Waals surface area contributed by atoms with Gasteiger partial charge < -0.3 is 4.52 Å². The van der Waals surface area contributed by atoms with Gasteiger partial charge in [-0.15, -0.1) is 0 Å². The van der Waals surface area contributed by atoms with Gasteiger partial charge in [0.15, 0.2) is 5.78 Å². The molecule has 3 aromatic rings. The fraction of sp³-hybridized carbons (Fsp3) is 0.0667. The maximum Gasteiger partial charge on any atom is 0.234 e. The van der Waals surface area contributed by atoms with Gasteiger partial charge in [-0.3, -0.25) is 9.78 Å². The molecule has 0 bridgehead atoms. The SMILES string of the molecule is O=C(Cc1nc(-c2ncccc2Cl)no1)c1ccccc1. The van der Waals surface area contributed by atoms with Crippen molar-refractivity contribution < 1.29 is 9.32 Å². The van der Waals surface area contributed by atoms with Gasteiger partial charge in [-0.1, -0.05) is 47.1 Å². The Morgan fingerprint density at radius 3 is 2.71 bits per heavy atom. The largest absolute Gasteiger partial charge is 0.338 e. The fourth-order valence-corrected chi connectivity index (χ4v) is 2.04. The molecule has 21 heavy (non-hydrogen) atoms. The summed E-state index contributed by atoms with van der Waals surface area (Å²) in [7, 11) is 0. The van der Waals surface area contributed by atoms with Crippen LogP contribution in [0.25, 0.3) is 11.5 Å². The monoisotopic (exact) mass is 299 g/mol. The van der Waals surface area contributed by atoms with Gasteiger partial charge in [0.1, 0.15) is 5.69 Å². The lowest BCUT2D eigenvalue weighted by Crippen LogP contribution is -2.03. The Morgan fingerprint density at radius 1 is 1.14 bits per heavy atom. The molecule has 0 atom stereocenters. The first-order chi connectivity index (χ1) is 10.2. The standard InChI is InChI=1S/C15H10ClN3O2/c16-11-7-4-8-17-14(11)15-18-13(21-19-15)9-12(20)10-5-2-1-3-6-10/h1-8H,9H2.